The molecule has 2 heterocycles. The van der Waals surface area contributed by atoms with Crippen LogP contribution in [0.15, 0.2) is 48.0 Å². The summed E-state index contributed by atoms with van der Waals surface area (Å²) < 4.78 is 0. The fourth-order valence-electron chi connectivity index (χ4n) is 3.62. The van der Waals surface area contributed by atoms with Gasteiger partial charge in [-0.25, -0.2) is 0 Å². The van der Waals surface area contributed by atoms with Gasteiger partial charge in [0, 0.05) is 18.8 Å². The number of benzene rings is 2. The summed E-state index contributed by atoms with van der Waals surface area (Å²) in [7, 11) is 0. The highest BCUT2D eigenvalue weighted by Gasteiger charge is 2.34. The van der Waals surface area contributed by atoms with Crippen molar-refractivity contribution in [2.24, 2.45) is 0 Å². The summed E-state index contributed by atoms with van der Waals surface area (Å²) in [6, 6.07) is 12.6. The average molecular weight is 460 g/mol. The van der Waals surface area contributed by atoms with E-state index >= 15 is 0 Å². The van der Waals surface area contributed by atoms with Crippen molar-refractivity contribution < 1.29 is 9.59 Å². The molecule has 2 aliphatic rings. The van der Waals surface area contributed by atoms with Crippen LogP contribution in [0.3, 0.4) is 0 Å². The van der Waals surface area contributed by atoms with Crippen LogP contribution >= 0.6 is 35.4 Å². The van der Waals surface area contributed by atoms with Crippen molar-refractivity contribution in [1.29, 1.82) is 0 Å². The molecule has 0 unspecified atom stereocenters. The molecule has 1 N–H and O–H groups in total. The Hall–Kier alpha value is -2.41. The molecule has 2 aromatic carbocycles. The highest BCUT2D eigenvalue weighted by atomic mass is 35.5. The maximum absolute atomic E-state index is 13.1. The van der Waals surface area contributed by atoms with Gasteiger partial charge in [-0.05, 0) is 73.5 Å². The quantitative estimate of drug-likeness (QED) is 0.406. The predicted molar refractivity (Wildman–Crippen MR) is 125 cm³/mol. The van der Waals surface area contributed by atoms with E-state index in [-0.39, 0.29) is 10.7 Å². The van der Waals surface area contributed by atoms with E-state index in [9.17, 15) is 9.59 Å². The summed E-state index contributed by atoms with van der Waals surface area (Å²) in [6.07, 6.45) is 5.24. The molecule has 2 aliphatic heterocycles. The Morgan fingerprint density at radius 1 is 0.900 bits per heavy atom. The second-order valence-corrected chi connectivity index (χ2v) is 8.40. The first-order valence-corrected chi connectivity index (χ1v) is 10.8. The van der Waals surface area contributed by atoms with Gasteiger partial charge < -0.3 is 4.90 Å². The molecule has 4 rings (SSSR count). The van der Waals surface area contributed by atoms with Crippen LogP contribution in [0, 0.1) is 0 Å². The molecule has 2 aromatic rings. The van der Waals surface area contributed by atoms with Crippen LogP contribution in [0.5, 0.6) is 0 Å². The van der Waals surface area contributed by atoms with Gasteiger partial charge in [-0.15, -0.1) is 0 Å². The van der Waals surface area contributed by atoms with E-state index in [1.807, 2.05) is 24.3 Å². The number of piperidine rings is 1. The van der Waals surface area contributed by atoms with Crippen molar-refractivity contribution in [3.63, 3.8) is 0 Å². The lowest BCUT2D eigenvalue weighted by atomic mass is 10.1. The van der Waals surface area contributed by atoms with E-state index in [2.05, 4.69) is 10.2 Å². The first kappa shape index (κ1) is 20.8. The largest absolute Gasteiger partial charge is 0.372 e. The molecule has 0 bridgehead atoms. The second kappa shape index (κ2) is 8.76. The summed E-state index contributed by atoms with van der Waals surface area (Å²) in [6.45, 7) is 2.11. The van der Waals surface area contributed by atoms with Gasteiger partial charge in [-0.2, -0.15) is 0 Å². The first-order chi connectivity index (χ1) is 14.4. The maximum atomic E-state index is 13.1. The Kier molecular flexibility index (Phi) is 6.09. The zero-order valence-electron chi connectivity index (χ0n) is 16.0. The maximum Gasteiger partial charge on any atom is 0.270 e. The predicted octanol–water partition coefficient (Wildman–Crippen LogP) is 4.82. The molecule has 8 heteroatoms. The average Bonchev–Trinajstić information content (AvgIpc) is 2.74. The van der Waals surface area contributed by atoms with E-state index in [4.69, 9.17) is 35.4 Å². The van der Waals surface area contributed by atoms with Crippen molar-refractivity contribution in [2.75, 3.05) is 22.9 Å². The van der Waals surface area contributed by atoms with E-state index in [0.29, 0.717) is 15.7 Å². The smallest absolute Gasteiger partial charge is 0.270 e. The molecule has 2 saturated heterocycles. The lowest BCUT2D eigenvalue weighted by molar-refractivity contribution is -0.122. The first-order valence-electron chi connectivity index (χ1n) is 9.65. The van der Waals surface area contributed by atoms with Crippen LogP contribution in [0.2, 0.25) is 10.0 Å². The molecular formula is C22H19Cl2N3O2S. The van der Waals surface area contributed by atoms with Crippen LogP contribution in [-0.4, -0.2) is 30.0 Å². The highest BCUT2D eigenvalue weighted by molar-refractivity contribution is 7.80. The van der Waals surface area contributed by atoms with Gasteiger partial charge in [0.05, 0.1) is 15.7 Å². The third-order valence-electron chi connectivity index (χ3n) is 5.19. The monoisotopic (exact) mass is 459 g/mol. The van der Waals surface area contributed by atoms with E-state index in [1.165, 1.54) is 30.2 Å². The van der Waals surface area contributed by atoms with Gasteiger partial charge in [0.2, 0.25) is 0 Å². The van der Waals surface area contributed by atoms with Gasteiger partial charge in [0.1, 0.15) is 5.57 Å². The molecule has 30 heavy (non-hydrogen) atoms. The Morgan fingerprint density at radius 2 is 1.57 bits per heavy atom. The standard InChI is InChI=1S/C22H19Cl2N3O2S/c23-18-9-8-16(13-19(18)24)27-21(29)17(20(28)25-22(27)30)12-14-4-6-15(7-5-14)26-10-2-1-3-11-26/h4-9,12-13H,1-3,10-11H2,(H,25,28,30)/b17-12+. The van der Waals surface area contributed by atoms with E-state index < -0.39 is 11.8 Å². The normalized spacial score (nSPS) is 18.7. The SMILES string of the molecule is O=C1NC(=S)N(c2ccc(Cl)c(Cl)c2)C(=O)/C1=C/c1ccc(N2CCCCC2)cc1. The zero-order valence-corrected chi connectivity index (χ0v) is 18.4. The van der Waals surface area contributed by atoms with Crippen LogP contribution in [-0.2, 0) is 9.59 Å². The number of rotatable bonds is 3. The minimum absolute atomic E-state index is 0.000366. The van der Waals surface area contributed by atoms with Crippen molar-refractivity contribution in [2.45, 2.75) is 19.3 Å². The Labute approximate surface area is 190 Å². The number of nitrogens with one attached hydrogen (secondary N) is 1. The summed E-state index contributed by atoms with van der Waals surface area (Å²) in [5, 5.41) is 3.23. The van der Waals surface area contributed by atoms with Gasteiger partial charge in [-0.1, -0.05) is 35.3 Å². The van der Waals surface area contributed by atoms with Crippen LogP contribution in [0.1, 0.15) is 24.8 Å². The molecule has 0 spiro atoms. The van der Waals surface area contributed by atoms with Gasteiger partial charge >= 0.3 is 0 Å². The third-order valence-corrected chi connectivity index (χ3v) is 6.21. The molecule has 2 amide bonds. The van der Waals surface area contributed by atoms with Crippen molar-refractivity contribution in [3.8, 4) is 0 Å². The lowest BCUT2D eigenvalue weighted by Crippen LogP contribution is -2.54. The molecule has 2 fully saturated rings. The van der Waals surface area contributed by atoms with Gasteiger partial charge in [0.15, 0.2) is 5.11 Å². The molecule has 0 aliphatic carbocycles. The molecular weight excluding hydrogens is 441 g/mol. The fraction of sp³-hybridized carbons (Fsp3) is 0.227. The van der Waals surface area contributed by atoms with Crippen LogP contribution in [0.4, 0.5) is 11.4 Å². The van der Waals surface area contributed by atoms with E-state index in [0.717, 1.165) is 24.3 Å². The van der Waals surface area contributed by atoms with Crippen molar-refractivity contribution in [1.82, 2.24) is 5.32 Å². The summed E-state index contributed by atoms with van der Waals surface area (Å²) >= 11 is 17.3. The molecule has 0 saturated carbocycles. The van der Waals surface area contributed by atoms with Gasteiger partial charge in [0.25, 0.3) is 11.8 Å². The highest BCUT2D eigenvalue weighted by Crippen LogP contribution is 2.29. The number of amides is 2. The number of anilines is 2. The number of hydrogen-bond acceptors (Lipinski definition) is 4. The lowest BCUT2D eigenvalue weighted by Gasteiger charge is -2.29. The molecule has 154 valence electrons. The third kappa shape index (κ3) is 4.21. The molecule has 0 aromatic heterocycles. The molecule has 0 radical (unpaired) electrons. The van der Waals surface area contributed by atoms with Crippen molar-refractivity contribution in [3.05, 3.63) is 63.6 Å². The van der Waals surface area contributed by atoms with Crippen LogP contribution in [0.25, 0.3) is 6.08 Å². The number of carbonyl (C=O) groups excluding carboxylic acids is 2. The number of thiocarbonyl (C=S) groups is 1. The Morgan fingerprint density at radius 3 is 2.23 bits per heavy atom. The Balaban J connectivity index is 1.61. The van der Waals surface area contributed by atoms with Gasteiger partial charge in [-0.3, -0.25) is 19.8 Å². The summed E-state index contributed by atoms with van der Waals surface area (Å²) in [4.78, 5) is 29.1. The number of carbonyl (C=O) groups is 2. The Bertz CT molecular complexity index is 1050. The summed E-state index contributed by atoms with van der Waals surface area (Å²) in [5.74, 6) is -1.04. The molecule has 0 atom stereocenters. The number of halogens is 2. The van der Waals surface area contributed by atoms with Crippen LogP contribution < -0.4 is 15.1 Å². The minimum Gasteiger partial charge on any atom is -0.372 e. The topological polar surface area (TPSA) is 52.7 Å². The molecule has 5 nitrogen and oxygen atoms in total. The van der Waals surface area contributed by atoms with Crippen molar-refractivity contribution >= 4 is 69.8 Å². The fourth-order valence-corrected chi connectivity index (χ4v) is 4.19. The van der Waals surface area contributed by atoms with E-state index in [1.54, 1.807) is 18.2 Å². The minimum atomic E-state index is -0.526. The number of nitrogens with zero attached hydrogens (tertiary/aromatic N) is 2. The second-order valence-electron chi connectivity index (χ2n) is 7.20. The number of hydrogen-bond donors (Lipinski definition) is 1. The zero-order chi connectivity index (χ0) is 21.3. The summed E-state index contributed by atoms with van der Waals surface area (Å²) in [5.41, 5.74) is 2.34.